The highest BCUT2D eigenvalue weighted by Crippen LogP contribution is 2.26. The normalized spacial score (nSPS) is 22.8. The van der Waals surface area contributed by atoms with Crippen LogP contribution >= 0.6 is 0 Å². The van der Waals surface area contributed by atoms with Crippen LogP contribution in [0.2, 0.25) is 0 Å². The third kappa shape index (κ3) is 3.97. The second kappa shape index (κ2) is 6.75. The molecule has 0 radical (unpaired) electrons. The van der Waals surface area contributed by atoms with Gasteiger partial charge in [-0.05, 0) is 50.8 Å². The van der Waals surface area contributed by atoms with Crippen LogP contribution < -0.4 is 11.1 Å². The first-order valence-electron chi connectivity index (χ1n) is 7.41. The van der Waals surface area contributed by atoms with Gasteiger partial charge >= 0.3 is 0 Å². The summed E-state index contributed by atoms with van der Waals surface area (Å²) in [5.41, 5.74) is 7.13. The SMILES string of the molecule is CC1CCC(N(C)CC(=O)Nc2ccccc2N)CC1. The molecule has 1 saturated carbocycles. The highest BCUT2D eigenvalue weighted by Gasteiger charge is 2.22. The van der Waals surface area contributed by atoms with Gasteiger partial charge in [-0.15, -0.1) is 0 Å². The molecule has 0 spiro atoms. The van der Waals surface area contributed by atoms with Crippen LogP contribution in [-0.2, 0) is 4.79 Å². The predicted octanol–water partition coefficient (Wildman–Crippen LogP) is 2.72. The van der Waals surface area contributed by atoms with Gasteiger partial charge in [-0.1, -0.05) is 19.1 Å². The third-order valence-electron chi connectivity index (χ3n) is 4.24. The Morgan fingerprint density at radius 2 is 1.95 bits per heavy atom. The van der Waals surface area contributed by atoms with Gasteiger partial charge in [0, 0.05) is 6.04 Å². The van der Waals surface area contributed by atoms with Gasteiger partial charge in [0.2, 0.25) is 5.91 Å². The van der Waals surface area contributed by atoms with Crippen LogP contribution in [0.25, 0.3) is 0 Å². The molecule has 0 aromatic heterocycles. The molecule has 0 saturated heterocycles. The van der Waals surface area contributed by atoms with Gasteiger partial charge < -0.3 is 11.1 Å². The number of nitrogens with zero attached hydrogens (tertiary/aromatic N) is 1. The van der Waals surface area contributed by atoms with Gasteiger partial charge in [-0.3, -0.25) is 9.69 Å². The summed E-state index contributed by atoms with van der Waals surface area (Å²) in [7, 11) is 2.04. The largest absolute Gasteiger partial charge is 0.397 e. The van der Waals surface area contributed by atoms with Gasteiger partial charge in [-0.2, -0.15) is 0 Å². The summed E-state index contributed by atoms with van der Waals surface area (Å²) in [6.07, 6.45) is 4.92. The fourth-order valence-corrected chi connectivity index (χ4v) is 2.84. The molecule has 3 N–H and O–H groups in total. The number of benzene rings is 1. The Bertz CT molecular complexity index is 453. The monoisotopic (exact) mass is 275 g/mol. The van der Waals surface area contributed by atoms with Gasteiger partial charge in [-0.25, -0.2) is 0 Å². The molecule has 0 heterocycles. The van der Waals surface area contributed by atoms with E-state index in [2.05, 4.69) is 17.1 Å². The lowest BCUT2D eigenvalue weighted by Gasteiger charge is -2.33. The summed E-state index contributed by atoms with van der Waals surface area (Å²) < 4.78 is 0. The van der Waals surface area contributed by atoms with E-state index in [4.69, 9.17) is 5.73 Å². The summed E-state index contributed by atoms with van der Waals surface area (Å²) in [6, 6.07) is 7.89. The summed E-state index contributed by atoms with van der Waals surface area (Å²) >= 11 is 0. The molecule has 1 aromatic carbocycles. The van der Waals surface area contributed by atoms with Crippen LogP contribution in [0.4, 0.5) is 11.4 Å². The minimum Gasteiger partial charge on any atom is -0.397 e. The predicted molar refractivity (Wildman–Crippen MR) is 83.5 cm³/mol. The second-order valence-electron chi connectivity index (χ2n) is 5.96. The molecule has 1 aromatic rings. The smallest absolute Gasteiger partial charge is 0.238 e. The summed E-state index contributed by atoms with van der Waals surface area (Å²) in [4.78, 5) is 14.2. The Morgan fingerprint density at radius 1 is 1.30 bits per heavy atom. The fraction of sp³-hybridized carbons (Fsp3) is 0.562. The maximum atomic E-state index is 12.1. The molecule has 1 aliphatic rings. The third-order valence-corrected chi connectivity index (χ3v) is 4.24. The molecule has 1 aliphatic carbocycles. The molecule has 1 amide bonds. The van der Waals surface area contributed by atoms with E-state index in [-0.39, 0.29) is 5.91 Å². The van der Waals surface area contributed by atoms with Crippen molar-refractivity contribution >= 4 is 17.3 Å². The number of hydrogen-bond acceptors (Lipinski definition) is 3. The number of likely N-dealkylation sites (N-methyl/N-ethyl adjacent to an activating group) is 1. The average Bonchev–Trinajstić information content (AvgIpc) is 2.42. The minimum atomic E-state index is 0.00372. The van der Waals surface area contributed by atoms with Crippen molar-refractivity contribution in [3.05, 3.63) is 24.3 Å². The number of nitrogens with one attached hydrogen (secondary N) is 1. The Morgan fingerprint density at radius 3 is 2.60 bits per heavy atom. The summed E-state index contributed by atoms with van der Waals surface area (Å²) in [6.45, 7) is 2.73. The van der Waals surface area contributed by atoms with Crippen molar-refractivity contribution in [2.24, 2.45) is 5.92 Å². The van der Waals surface area contributed by atoms with Crippen molar-refractivity contribution < 1.29 is 4.79 Å². The first-order valence-corrected chi connectivity index (χ1v) is 7.41. The van der Waals surface area contributed by atoms with Crippen LogP contribution in [0, 0.1) is 5.92 Å². The van der Waals surface area contributed by atoms with E-state index < -0.39 is 0 Å². The van der Waals surface area contributed by atoms with Crippen molar-refractivity contribution in [2.75, 3.05) is 24.6 Å². The number of rotatable bonds is 4. The molecule has 2 rings (SSSR count). The molecule has 0 aliphatic heterocycles. The van der Waals surface area contributed by atoms with Crippen molar-refractivity contribution in [3.8, 4) is 0 Å². The van der Waals surface area contributed by atoms with Crippen molar-refractivity contribution in [1.82, 2.24) is 4.90 Å². The summed E-state index contributed by atoms with van der Waals surface area (Å²) in [5.74, 6) is 0.835. The van der Waals surface area contributed by atoms with Crippen molar-refractivity contribution in [3.63, 3.8) is 0 Å². The van der Waals surface area contributed by atoms with E-state index in [1.807, 2.05) is 25.2 Å². The first kappa shape index (κ1) is 14.9. The van der Waals surface area contributed by atoms with Gasteiger partial charge in [0.05, 0.1) is 17.9 Å². The molecule has 0 unspecified atom stereocenters. The topological polar surface area (TPSA) is 58.4 Å². The number of carbonyl (C=O) groups is 1. The minimum absolute atomic E-state index is 0.00372. The zero-order chi connectivity index (χ0) is 14.5. The Labute approximate surface area is 121 Å². The van der Waals surface area contributed by atoms with E-state index in [0.29, 0.717) is 24.0 Å². The highest BCUT2D eigenvalue weighted by molar-refractivity contribution is 5.95. The quantitative estimate of drug-likeness (QED) is 0.831. The van der Waals surface area contributed by atoms with E-state index >= 15 is 0 Å². The van der Waals surface area contributed by atoms with Crippen LogP contribution in [0.3, 0.4) is 0 Å². The molecular formula is C16H25N3O. The Kier molecular flexibility index (Phi) is 5.01. The van der Waals surface area contributed by atoms with Crippen LogP contribution in [0.1, 0.15) is 32.6 Å². The zero-order valence-corrected chi connectivity index (χ0v) is 12.4. The zero-order valence-electron chi connectivity index (χ0n) is 12.4. The van der Waals surface area contributed by atoms with Gasteiger partial charge in [0.15, 0.2) is 0 Å². The number of hydrogen-bond donors (Lipinski definition) is 2. The lowest BCUT2D eigenvalue weighted by atomic mass is 9.87. The number of nitrogen functional groups attached to an aromatic ring is 1. The van der Waals surface area contributed by atoms with Crippen LogP contribution in [-0.4, -0.2) is 30.4 Å². The van der Waals surface area contributed by atoms with Crippen molar-refractivity contribution in [2.45, 2.75) is 38.6 Å². The number of nitrogens with two attached hydrogens (primary N) is 1. The maximum absolute atomic E-state index is 12.1. The van der Waals surface area contributed by atoms with Crippen LogP contribution in [0.15, 0.2) is 24.3 Å². The van der Waals surface area contributed by atoms with E-state index in [1.165, 1.54) is 25.7 Å². The summed E-state index contributed by atoms with van der Waals surface area (Å²) in [5, 5.41) is 2.88. The van der Waals surface area contributed by atoms with Crippen LogP contribution in [0.5, 0.6) is 0 Å². The molecule has 110 valence electrons. The van der Waals surface area contributed by atoms with Gasteiger partial charge in [0.1, 0.15) is 0 Å². The van der Waals surface area contributed by atoms with E-state index in [1.54, 1.807) is 6.07 Å². The molecule has 4 nitrogen and oxygen atoms in total. The molecule has 1 fully saturated rings. The first-order chi connectivity index (χ1) is 9.56. The Hall–Kier alpha value is -1.55. The van der Waals surface area contributed by atoms with Crippen molar-refractivity contribution in [1.29, 1.82) is 0 Å². The number of para-hydroxylation sites is 2. The number of anilines is 2. The molecule has 20 heavy (non-hydrogen) atoms. The lowest BCUT2D eigenvalue weighted by Crippen LogP contribution is -2.39. The Balaban J connectivity index is 1.84. The second-order valence-corrected chi connectivity index (χ2v) is 5.96. The van der Waals surface area contributed by atoms with Gasteiger partial charge in [0.25, 0.3) is 0 Å². The maximum Gasteiger partial charge on any atom is 0.238 e. The number of amides is 1. The molecule has 0 atom stereocenters. The standard InChI is InChI=1S/C16H25N3O/c1-12-7-9-13(10-8-12)19(2)11-16(20)18-15-6-4-3-5-14(15)17/h3-6,12-13H,7-11,17H2,1-2H3,(H,18,20). The van der Waals surface area contributed by atoms with E-state index in [0.717, 1.165) is 5.92 Å². The fourth-order valence-electron chi connectivity index (χ4n) is 2.84. The van der Waals surface area contributed by atoms with E-state index in [9.17, 15) is 4.79 Å². The highest BCUT2D eigenvalue weighted by atomic mass is 16.2. The molecular weight excluding hydrogens is 250 g/mol. The molecule has 0 bridgehead atoms. The lowest BCUT2D eigenvalue weighted by molar-refractivity contribution is -0.117. The molecule has 4 heteroatoms. The average molecular weight is 275 g/mol. The number of carbonyl (C=O) groups excluding carboxylic acids is 1.